The van der Waals surface area contributed by atoms with Crippen molar-refractivity contribution in [3.8, 4) is 0 Å². The molecule has 0 aromatic heterocycles. The third-order valence-electron chi connectivity index (χ3n) is 12.6. The van der Waals surface area contributed by atoms with Crippen LogP contribution in [0.1, 0.15) is 264 Å². The summed E-state index contributed by atoms with van der Waals surface area (Å²) >= 11 is 0. The molecule has 0 saturated carbocycles. The second-order valence-electron chi connectivity index (χ2n) is 20.6. The van der Waals surface area contributed by atoms with Crippen molar-refractivity contribution in [1.82, 2.24) is 0 Å². The van der Waals surface area contributed by atoms with E-state index < -0.39 is 24.3 Å². The first-order chi connectivity index (χ1) is 33.1. The predicted molar refractivity (Wildman–Crippen MR) is 286 cm³/mol. The molecule has 0 aromatic rings. The fraction of sp³-hybridized carbons (Fsp3) is 0.847. The normalized spacial score (nSPS) is 13.0. The summed E-state index contributed by atoms with van der Waals surface area (Å²) in [7, 11) is 5.97. The van der Waals surface area contributed by atoms with Crippen molar-refractivity contribution in [1.29, 1.82) is 0 Å². The molecule has 0 bridgehead atoms. The van der Waals surface area contributed by atoms with Gasteiger partial charge in [-0.3, -0.25) is 9.59 Å². The molecule has 2 unspecified atom stereocenters. The van der Waals surface area contributed by atoms with Gasteiger partial charge in [0.05, 0.1) is 34.4 Å². The fourth-order valence-electron chi connectivity index (χ4n) is 8.16. The van der Waals surface area contributed by atoms with Crippen LogP contribution in [0.4, 0.5) is 0 Å². The first kappa shape index (κ1) is 65.5. The quantitative estimate of drug-likeness (QED) is 0.0211. The number of aliphatic carboxylic acids is 1. The highest BCUT2D eigenvalue weighted by atomic mass is 16.7. The largest absolute Gasteiger partial charge is 0.477 e. The average Bonchev–Trinajstić information content (AvgIpc) is 3.30. The Hall–Kier alpha value is -2.49. The molecule has 0 aromatic carbocycles. The van der Waals surface area contributed by atoms with Crippen LogP contribution in [-0.4, -0.2) is 87.4 Å². The van der Waals surface area contributed by atoms with Gasteiger partial charge in [-0.05, 0) is 70.6 Å². The van der Waals surface area contributed by atoms with Gasteiger partial charge in [-0.15, -0.1) is 0 Å². The molecular formula is C59H110NO8+. The highest BCUT2D eigenvalue weighted by Crippen LogP contribution is 2.17. The van der Waals surface area contributed by atoms with Crippen LogP contribution in [0.25, 0.3) is 0 Å². The second-order valence-corrected chi connectivity index (χ2v) is 20.6. The van der Waals surface area contributed by atoms with E-state index in [1.165, 1.54) is 173 Å². The molecule has 0 radical (unpaired) electrons. The van der Waals surface area contributed by atoms with Crippen LogP contribution >= 0.6 is 0 Å². The number of ether oxygens (including phenoxy) is 4. The Labute approximate surface area is 420 Å². The van der Waals surface area contributed by atoms with Crippen LogP contribution in [0.15, 0.2) is 36.5 Å². The van der Waals surface area contributed by atoms with E-state index in [0.29, 0.717) is 17.4 Å². The van der Waals surface area contributed by atoms with Gasteiger partial charge in [0.15, 0.2) is 6.10 Å². The minimum atomic E-state index is -1.51. The van der Waals surface area contributed by atoms with Crippen molar-refractivity contribution in [3.63, 3.8) is 0 Å². The van der Waals surface area contributed by atoms with Crippen molar-refractivity contribution < 1.29 is 42.9 Å². The lowest BCUT2D eigenvalue weighted by molar-refractivity contribution is -0.870. The Kier molecular flexibility index (Phi) is 49.0. The van der Waals surface area contributed by atoms with Gasteiger partial charge in [-0.25, -0.2) is 4.79 Å². The SMILES string of the molecule is CCCCC/C=C\CCCCCCCC(=O)OCC(COC(OCC[N+](C)(C)C)C(=O)O)OC(=O)CCCCCCCCCCCCCCCCCCCCC/C=C\C/C=C\CCCCCCC. The number of allylic oxidation sites excluding steroid dienone is 6. The van der Waals surface area contributed by atoms with Gasteiger partial charge in [0, 0.05) is 12.8 Å². The van der Waals surface area contributed by atoms with Crippen molar-refractivity contribution >= 4 is 17.9 Å². The molecule has 1 N–H and O–H groups in total. The van der Waals surface area contributed by atoms with E-state index in [2.05, 4.69) is 50.3 Å². The minimum absolute atomic E-state index is 0.183. The number of carboxylic acid groups (broad SMARTS) is 1. The Bertz CT molecular complexity index is 1210. The summed E-state index contributed by atoms with van der Waals surface area (Å²) in [4.78, 5) is 37.3. The Morgan fingerprint density at radius 1 is 0.441 bits per heavy atom. The lowest BCUT2D eigenvalue weighted by Crippen LogP contribution is -2.40. The zero-order valence-corrected chi connectivity index (χ0v) is 45.3. The molecule has 0 saturated heterocycles. The van der Waals surface area contributed by atoms with Crippen LogP contribution in [0.2, 0.25) is 0 Å². The molecule has 68 heavy (non-hydrogen) atoms. The molecule has 0 amide bonds. The third kappa shape index (κ3) is 51.4. The van der Waals surface area contributed by atoms with Crippen LogP contribution in [0.3, 0.4) is 0 Å². The Morgan fingerprint density at radius 3 is 1.21 bits per heavy atom. The molecule has 398 valence electrons. The Balaban J connectivity index is 4.08. The first-order valence-electron chi connectivity index (χ1n) is 28.7. The summed E-state index contributed by atoms with van der Waals surface area (Å²) in [6.07, 6.45) is 58.1. The predicted octanol–water partition coefficient (Wildman–Crippen LogP) is 16.5. The van der Waals surface area contributed by atoms with Crippen LogP contribution in [0.5, 0.6) is 0 Å². The lowest BCUT2D eigenvalue weighted by Gasteiger charge is -2.25. The third-order valence-corrected chi connectivity index (χ3v) is 12.6. The molecule has 9 nitrogen and oxygen atoms in total. The highest BCUT2D eigenvalue weighted by molar-refractivity contribution is 5.71. The number of hydrogen-bond acceptors (Lipinski definition) is 7. The molecule has 0 heterocycles. The van der Waals surface area contributed by atoms with Crippen molar-refractivity contribution in [2.45, 2.75) is 277 Å². The fourth-order valence-corrected chi connectivity index (χ4v) is 8.16. The monoisotopic (exact) mass is 961 g/mol. The van der Waals surface area contributed by atoms with Crippen LogP contribution in [-0.2, 0) is 33.3 Å². The number of quaternary nitrogens is 1. The van der Waals surface area contributed by atoms with Gasteiger partial charge >= 0.3 is 17.9 Å². The average molecular weight is 962 g/mol. The van der Waals surface area contributed by atoms with Gasteiger partial charge in [-0.1, -0.05) is 217 Å². The summed E-state index contributed by atoms with van der Waals surface area (Å²) in [6, 6.07) is 0. The standard InChI is InChI=1S/C59H109NO8/c1-6-8-10-12-14-16-18-20-21-22-23-24-25-26-27-28-29-30-31-32-33-34-35-36-37-38-40-42-44-46-48-50-57(62)68-55(54-67-59(58(63)64)65-52-51-60(3,4)5)53-66-56(61)49-47-45-43-41-39-19-17-15-13-11-9-7-2/h15,17-18,20,22-23,55,59H,6-14,16,19,21,24-54H2,1-5H3/p+1/b17-15-,20-18-,23-22-. The van der Waals surface area contributed by atoms with Gasteiger partial charge < -0.3 is 28.5 Å². The van der Waals surface area contributed by atoms with Crippen molar-refractivity contribution in [2.75, 3.05) is 47.5 Å². The molecule has 0 aliphatic carbocycles. The maximum absolute atomic E-state index is 12.8. The van der Waals surface area contributed by atoms with E-state index in [1.54, 1.807) is 0 Å². The summed E-state index contributed by atoms with van der Waals surface area (Å²) in [5.41, 5.74) is 0. The Morgan fingerprint density at radius 2 is 0.794 bits per heavy atom. The second kappa shape index (κ2) is 50.9. The zero-order chi connectivity index (χ0) is 49.9. The lowest BCUT2D eigenvalue weighted by atomic mass is 10.0. The molecule has 0 spiro atoms. The number of carbonyl (C=O) groups is 3. The summed E-state index contributed by atoms with van der Waals surface area (Å²) < 4.78 is 22.8. The number of unbranched alkanes of at least 4 members (excludes halogenated alkanes) is 32. The summed E-state index contributed by atoms with van der Waals surface area (Å²) in [5.74, 6) is -2.01. The van der Waals surface area contributed by atoms with Crippen molar-refractivity contribution in [2.24, 2.45) is 0 Å². The maximum Gasteiger partial charge on any atom is 0.361 e. The molecule has 2 atom stereocenters. The maximum atomic E-state index is 12.8. The number of hydrogen-bond donors (Lipinski definition) is 1. The minimum Gasteiger partial charge on any atom is -0.477 e. The molecule has 9 heteroatoms. The molecular weight excluding hydrogens is 851 g/mol. The zero-order valence-electron chi connectivity index (χ0n) is 45.3. The number of nitrogens with zero attached hydrogens (tertiary/aromatic N) is 1. The summed E-state index contributed by atoms with van der Waals surface area (Å²) in [5, 5.41) is 9.67. The number of esters is 2. The van der Waals surface area contributed by atoms with Crippen LogP contribution in [0, 0.1) is 0 Å². The van der Waals surface area contributed by atoms with Gasteiger partial charge in [0.2, 0.25) is 0 Å². The highest BCUT2D eigenvalue weighted by Gasteiger charge is 2.25. The van der Waals surface area contributed by atoms with Gasteiger partial charge in [0.25, 0.3) is 6.29 Å². The molecule has 0 aliphatic heterocycles. The van der Waals surface area contributed by atoms with Crippen LogP contribution < -0.4 is 0 Å². The molecule has 0 fully saturated rings. The van der Waals surface area contributed by atoms with E-state index >= 15 is 0 Å². The van der Waals surface area contributed by atoms with E-state index in [0.717, 1.165) is 64.2 Å². The number of carbonyl (C=O) groups excluding carboxylic acids is 2. The number of rotatable bonds is 53. The van der Waals surface area contributed by atoms with Gasteiger partial charge in [0.1, 0.15) is 13.2 Å². The molecule has 0 aliphatic rings. The summed E-state index contributed by atoms with van der Waals surface area (Å²) in [6.45, 7) is 4.85. The smallest absolute Gasteiger partial charge is 0.361 e. The van der Waals surface area contributed by atoms with Gasteiger partial charge in [-0.2, -0.15) is 0 Å². The number of likely N-dealkylation sites (N-methyl/N-ethyl adjacent to an activating group) is 1. The van der Waals surface area contributed by atoms with E-state index in [-0.39, 0.29) is 32.2 Å². The topological polar surface area (TPSA) is 108 Å². The number of carboxylic acids is 1. The van der Waals surface area contributed by atoms with E-state index in [4.69, 9.17) is 18.9 Å². The van der Waals surface area contributed by atoms with Crippen molar-refractivity contribution in [3.05, 3.63) is 36.5 Å². The molecule has 0 rings (SSSR count). The van der Waals surface area contributed by atoms with E-state index in [9.17, 15) is 19.5 Å². The first-order valence-corrected chi connectivity index (χ1v) is 28.7. The van der Waals surface area contributed by atoms with E-state index in [1.807, 2.05) is 21.1 Å².